The molecule has 9 nitrogen and oxygen atoms in total. The van der Waals surface area contributed by atoms with Crippen molar-refractivity contribution in [2.24, 2.45) is 5.10 Å². The van der Waals surface area contributed by atoms with E-state index in [2.05, 4.69) is 20.5 Å². The van der Waals surface area contributed by atoms with Gasteiger partial charge in [-0.3, -0.25) is 19.9 Å². The first-order valence-corrected chi connectivity index (χ1v) is 7.49. The molecule has 2 heterocycles. The van der Waals surface area contributed by atoms with Crippen molar-refractivity contribution in [1.82, 2.24) is 15.4 Å². The number of hydrazone groups is 1. The van der Waals surface area contributed by atoms with Crippen LogP contribution in [0.15, 0.2) is 58.4 Å². The van der Waals surface area contributed by atoms with Crippen molar-refractivity contribution in [1.29, 1.82) is 0 Å². The maximum atomic E-state index is 11.8. The molecule has 0 aliphatic rings. The second kappa shape index (κ2) is 7.34. The molecule has 0 aliphatic carbocycles. The van der Waals surface area contributed by atoms with Gasteiger partial charge in [0.1, 0.15) is 17.2 Å². The summed E-state index contributed by atoms with van der Waals surface area (Å²) in [4.78, 5) is 29.8. The molecule has 3 aromatic rings. The first kappa shape index (κ1) is 17.0. The zero-order valence-electron chi connectivity index (χ0n) is 13.6. The molecule has 3 rings (SSSR count). The van der Waals surface area contributed by atoms with Crippen molar-refractivity contribution in [3.63, 3.8) is 0 Å². The van der Waals surface area contributed by atoms with Crippen molar-refractivity contribution in [3.05, 3.63) is 76.1 Å². The van der Waals surface area contributed by atoms with Crippen LogP contribution in [-0.4, -0.2) is 27.0 Å². The van der Waals surface area contributed by atoms with Crippen LogP contribution in [0.2, 0.25) is 0 Å². The summed E-state index contributed by atoms with van der Waals surface area (Å²) in [6.07, 6.45) is 5.54. The number of aryl methyl sites for hydroxylation is 1. The van der Waals surface area contributed by atoms with Gasteiger partial charge in [-0.1, -0.05) is 0 Å². The average Bonchev–Trinajstić information content (AvgIpc) is 3.10. The number of nitrogens with one attached hydrogen (secondary N) is 1. The number of nitro groups is 1. The van der Waals surface area contributed by atoms with Gasteiger partial charge in [0, 0.05) is 30.1 Å². The second-order valence-corrected chi connectivity index (χ2v) is 5.25. The summed E-state index contributed by atoms with van der Waals surface area (Å²) in [5.41, 5.74) is 3.94. The average molecular weight is 351 g/mol. The van der Waals surface area contributed by atoms with Gasteiger partial charge >= 0.3 is 0 Å². The molecular formula is C17H13N5O4. The molecule has 0 saturated carbocycles. The minimum absolute atomic E-state index is 0.0197. The smallest absolute Gasteiger partial charge is 0.291 e. The predicted molar refractivity (Wildman–Crippen MR) is 92.6 cm³/mol. The third-order valence-corrected chi connectivity index (χ3v) is 3.47. The molecule has 9 heteroatoms. The Bertz CT molecular complexity index is 982. The Morgan fingerprint density at radius 3 is 2.85 bits per heavy atom. The van der Waals surface area contributed by atoms with Crippen LogP contribution in [-0.2, 0) is 0 Å². The van der Waals surface area contributed by atoms with E-state index in [9.17, 15) is 14.9 Å². The predicted octanol–water partition coefficient (Wildman–Crippen LogP) is 2.72. The van der Waals surface area contributed by atoms with Crippen LogP contribution < -0.4 is 5.43 Å². The number of hydrogen-bond donors (Lipinski definition) is 1. The first-order valence-electron chi connectivity index (χ1n) is 7.49. The molecule has 0 spiro atoms. The van der Waals surface area contributed by atoms with Crippen molar-refractivity contribution in [2.45, 2.75) is 6.92 Å². The van der Waals surface area contributed by atoms with Crippen molar-refractivity contribution >= 4 is 17.8 Å². The van der Waals surface area contributed by atoms with Crippen LogP contribution in [0, 0.1) is 17.0 Å². The molecule has 0 saturated heterocycles. The summed E-state index contributed by atoms with van der Waals surface area (Å²) < 4.78 is 5.64. The lowest BCUT2D eigenvalue weighted by Gasteiger charge is -2.02. The van der Waals surface area contributed by atoms with Crippen molar-refractivity contribution in [3.8, 4) is 11.3 Å². The number of furan rings is 1. The number of benzene rings is 1. The highest BCUT2D eigenvalue weighted by Crippen LogP contribution is 2.28. The quantitative estimate of drug-likeness (QED) is 0.428. The van der Waals surface area contributed by atoms with E-state index in [4.69, 9.17) is 4.42 Å². The van der Waals surface area contributed by atoms with E-state index < -0.39 is 10.8 Å². The van der Waals surface area contributed by atoms with Crippen molar-refractivity contribution < 1.29 is 14.1 Å². The summed E-state index contributed by atoms with van der Waals surface area (Å²) in [7, 11) is 0. The molecule has 0 radical (unpaired) electrons. The summed E-state index contributed by atoms with van der Waals surface area (Å²) in [5, 5.41) is 14.6. The second-order valence-electron chi connectivity index (χ2n) is 5.25. The molecule has 0 fully saturated rings. The third kappa shape index (κ3) is 3.78. The number of nitrogens with zero attached hydrogens (tertiary/aromatic N) is 4. The highest BCUT2D eigenvalue weighted by atomic mass is 16.6. The maximum Gasteiger partial charge on any atom is 0.291 e. The third-order valence-electron chi connectivity index (χ3n) is 3.47. The number of carbonyl (C=O) groups is 1. The Morgan fingerprint density at radius 1 is 1.31 bits per heavy atom. The number of aromatic nitrogens is 2. The molecule has 130 valence electrons. The Balaban J connectivity index is 1.70. The number of carbonyl (C=O) groups excluding carboxylic acids is 1. The largest absolute Gasteiger partial charge is 0.455 e. The SMILES string of the molecule is Cc1cc([N+](=O)[O-])ccc1-c1ccc(/C=N\NC(=O)c2cnccn2)o1. The van der Waals surface area contributed by atoms with E-state index in [1.807, 2.05) is 0 Å². The van der Waals surface area contributed by atoms with Crippen LogP contribution in [0.5, 0.6) is 0 Å². The standard InChI is InChI=1S/C17H13N5O4/c1-11-8-12(22(24)25)2-4-14(11)16-5-3-13(26-16)9-20-21-17(23)15-10-18-6-7-19-15/h2-10H,1H3,(H,21,23)/b20-9-. The highest BCUT2D eigenvalue weighted by Gasteiger charge is 2.12. The molecule has 0 bridgehead atoms. The molecule has 0 atom stereocenters. The number of amides is 1. The van der Waals surface area contributed by atoms with Crippen LogP contribution in [0.25, 0.3) is 11.3 Å². The molecule has 0 aliphatic heterocycles. The van der Waals surface area contributed by atoms with Crippen LogP contribution in [0.1, 0.15) is 21.8 Å². The minimum atomic E-state index is -0.493. The molecular weight excluding hydrogens is 338 g/mol. The monoisotopic (exact) mass is 351 g/mol. The number of nitro benzene ring substituents is 1. The fraction of sp³-hybridized carbons (Fsp3) is 0.0588. The Kier molecular flexibility index (Phi) is 4.79. The molecule has 26 heavy (non-hydrogen) atoms. The molecule has 1 amide bonds. The van der Waals surface area contributed by atoms with Crippen LogP contribution in [0.4, 0.5) is 5.69 Å². The van der Waals surface area contributed by atoms with Gasteiger partial charge in [-0.15, -0.1) is 0 Å². The normalized spacial score (nSPS) is 10.8. The van der Waals surface area contributed by atoms with Gasteiger partial charge in [0.2, 0.25) is 0 Å². The number of rotatable bonds is 5. The van der Waals surface area contributed by atoms with Gasteiger partial charge in [0.05, 0.1) is 17.3 Å². The van der Waals surface area contributed by atoms with Gasteiger partial charge in [-0.25, -0.2) is 10.4 Å². The number of hydrogen-bond acceptors (Lipinski definition) is 7. The summed E-state index contributed by atoms with van der Waals surface area (Å²) >= 11 is 0. The van der Waals surface area contributed by atoms with E-state index in [0.29, 0.717) is 17.1 Å². The van der Waals surface area contributed by atoms with Crippen LogP contribution >= 0.6 is 0 Å². The highest BCUT2D eigenvalue weighted by molar-refractivity contribution is 5.92. The van der Waals surface area contributed by atoms with Crippen LogP contribution in [0.3, 0.4) is 0 Å². The van der Waals surface area contributed by atoms with Gasteiger partial charge in [-0.05, 0) is 30.7 Å². The lowest BCUT2D eigenvalue weighted by atomic mass is 10.1. The Labute approximate surface area is 147 Å². The zero-order chi connectivity index (χ0) is 18.5. The van der Waals surface area contributed by atoms with Gasteiger partial charge < -0.3 is 4.42 Å². The van der Waals surface area contributed by atoms with Crippen molar-refractivity contribution in [2.75, 3.05) is 0 Å². The minimum Gasteiger partial charge on any atom is -0.455 e. The van der Waals surface area contributed by atoms with E-state index in [0.717, 1.165) is 5.56 Å². The lowest BCUT2D eigenvalue weighted by Crippen LogP contribution is -2.18. The van der Waals surface area contributed by atoms with Gasteiger partial charge in [0.25, 0.3) is 11.6 Å². The zero-order valence-corrected chi connectivity index (χ0v) is 13.6. The lowest BCUT2D eigenvalue weighted by molar-refractivity contribution is -0.384. The van der Waals surface area contributed by atoms with E-state index in [-0.39, 0.29) is 11.4 Å². The Hall–Kier alpha value is -3.88. The summed E-state index contributed by atoms with van der Waals surface area (Å²) in [5.74, 6) is 0.462. The van der Waals surface area contributed by atoms with Gasteiger partial charge in [0.15, 0.2) is 0 Å². The maximum absolute atomic E-state index is 11.8. The topological polar surface area (TPSA) is 124 Å². The van der Waals surface area contributed by atoms with E-state index in [1.54, 1.807) is 25.1 Å². The fourth-order valence-corrected chi connectivity index (χ4v) is 2.23. The first-order chi connectivity index (χ1) is 12.5. The van der Waals surface area contributed by atoms with E-state index >= 15 is 0 Å². The number of non-ortho nitro benzene ring substituents is 1. The summed E-state index contributed by atoms with van der Waals surface area (Å²) in [6, 6.07) is 7.92. The summed E-state index contributed by atoms with van der Waals surface area (Å²) in [6.45, 7) is 1.76. The molecule has 2 aromatic heterocycles. The molecule has 1 N–H and O–H groups in total. The fourth-order valence-electron chi connectivity index (χ4n) is 2.23. The molecule has 1 aromatic carbocycles. The van der Waals surface area contributed by atoms with E-state index in [1.165, 1.54) is 36.9 Å². The Morgan fingerprint density at radius 2 is 2.15 bits per heavy atom. The van der Waals surface area contributed by atoms with Gasteiger partial charge in [-0.2, -0.15) is 5.10 Å². The molecule has 0 unspecified atom stereocenters.